The maximum absolute atomic E-state index is 12.5. The van der Waals surface area contributed by atoms with Crippen molar-refractivity contribution in [1.82, 2.24) is 5.32 Å². The summed E-state index contributed by atoms with van der Waals surface area (Å²) >= 11 is 0. The highest BCUT2D eigenvalue weighted by molar-refractivity contribution is 6.01. The summed E-state index contributed by atoms with van der Waals surface area (Å²) in [5, 5.41) is 2.74. The quantitative estimate of drug-likeness (QED) is 0.864. The molecule has 4 rings (SSSR count). The van der Waals surface area contributed by atoms with Crippen LogP contribution in [0.4, 0.5) is 11.4 Å². The van der Waals surface area contributed by atoms with Crippen molar-refractivity contribution in [2.24, 2.45) is 0 Å². The van der Waals surface area contributed by atoms with Crippen LogP contribution in [0, 0.1) is 0 Å². The number of anilines is 2. The number of benzene rings is 2. The lowest BCUT2D eigenvalue weighted by atomic mass is 10.2. The topological polar surface area (TPSA) is 52.7 Å². The van der Waals surface area contributed by atoms with Gasteiger partial charge in [-0.2, -0.15) is 0 Å². The molecule has 0 saturated heterocycles. The first-order valence-corrected chi connectivity index (χ1v) is 8.89. The second-order valence-electron chi connectivity index (χ2n) is 6.53. The Labute approximate surface area is 152 Å². The van der Waals surface area contributed by atoms with E-state index >= 15 is 0 Å². The van der Waals surface area contributed by atoms with Gasteiger partial charge in [0.15, 0.2) is 0 Å². The lowest BCUT2D eigenvalue weighted by Crippen LogP contribution is -2.39. The van der Waals surface area contributed by atoms with Gasteiger partial charge in [-0.25, -0.2) is 0 Å². The molecule has 0 fully saturated rings. The normalized spacial score (nSPS) is 15.2. The molecule has 0 saturated carbocycles. The van der Waals surface area contributed by atoms with E-state index in [1.165, 1.54) is 5.56 Å². The lowest BCUT2D eigenvalue weighted by molar-refractivity contribution is -0.117. The van der Waals surface area contributed by atoms with Crippen LogP contribution in [-0.4, -0.2) is 38.0 Å². The summed E-state index contributed by atoms with van der Waals surface area (Å²) < 4.78 is 0. The smallest absolute Gasteiger partial charge is 0.251 e. The van der Waals surface area contributed by atoms with Crippen LogP contribution >= 0.6 is 0 Å². The Balaban J connectivity index is 1.34. The zero-order valence-corrected chi connectivity index (χ0v) is 14.5. The Bertz CT molecular complexity index is 850. The number of amides is 2. The van der Waals surface area contributed by atoms with E-state index < -0.39 is 0 Å². The van der Waals surface area contributed by atoms with E-state index in [0.29, 0.717) is 12.1 Å². The molecular weight excluding hydrogens is 326 g/mol. The standard InChI is InChI=1S/C21H21N3O2/c25-20(24-14-11-16-5-1-2-6-19(16)24)15-22-21(26)17-7-9-18(10-8-17)23-12-3-4-13-23/h1-10H,11-15H2,(H,22,26). The first-order chi connectivity index (χ1) is 12.7. The van der Waals surface area contributed by atoms with Crippen LogP contribution in [0.2, 0.25) is 0 Å². The minimum Gasteiger partial charge on any atom is -0.364 e. The number of hydrogen-bond donors (Lipinski definition) is 1. The van der Waals surface area contributed by atoms with Gasteiger partial charge in [-0.1, -0.05) is 30.4 Å². The molecule has 5 heteroatoms. The highest BCUT2D eigenvalue weighted by Crippen LogP contribution is 2.27. The van der Waals surface area contributed by atoms with Crippen molar-refractivity contribution in [3.05, 3.63) is 71.8 Å². The molecule has 1 N–H and O–H groups in total. The summed E-state index contributed by atoms with van der Waals surface area (Å²) in [7, 11) is 0. The van der Waals surface area contributed by atoms with Gasteiger partial charge in [0, 0.05) is 36.6 Å². The minimum absolute atomic E-state index is 0.00492. The summed E-state index contributed by atoms with van der Waals surface area (Å²) in [4.78, 5) is 28.8. The zero-order valence-electron chi connectivity index (χ0n) is 14.5. The average Bonchev–Trinajstić information content (AvgIpc) is 3.36. The van der Waals surface area contributed by atoms with Crippen LogP contribution in [0.5, 0.6) is 0 Å². The fourth-order valence-corrected chi connectivity index (χ4v) is 3.46. The zero-order chi connectivity index (χ0) is 17.9. The van der Waals surface area contributed by atoms with Crippen molar-refractivity contribution in [2.45, 2.75) is 6.42 Å². The molecule has 0 bridgehead atoms. The number of carbonyl (C=O) groups is 2. The number of para-hydroxylation sites is 1. The van der Waals surface area contributed by atoms with Crippen LogP contribution < -0.4 is 15.1 Å². The molecule has 0 atom stereocenters. The SMILES string of the molecule is O=C(NCC(=O)N1CCc2ccccc21)c1ccc(N2CC=CC2)cc1. The molecule has 0 radical (unpaired) electrons. The van der Waals surface area contributed by atoms with Gasteiger partial charge in [0.25, 0.3) is 5.91 Å². The molecule has 132 valence electrons. The van der Waals surface area contributed by atoms with Crippen molar-refractivity contribution < 1.29 is 9.59 Å². The van der Waals surface area contributed by atoms with Gasteiger partial charge in [0.1, 0.15) is 0 Å². The number of fused-ring (bicyclic) bond motifs is 1. The number of nitrogens with zero attached hydrogens (tertiary/aromatic N) is 2. The van der Waals surface area contributed by atoms with Gasteiger partial charge in [0.05, 0.1) is 6.54 Å². The van der Waals surface area contributed by atoms with Crippen molar-refractivity contribution in [3.63, 3.8) is 0 Å². The van der Waals surface area contributed by atoms with E-state index in [-0.39, 0.29) is 18.4 Å². The Morgan fingerprint density at radius 2 is 1.69 bits per heavy atom. The Morgan fingerprint density at radius 3 is 2.46 bits per heavy atom. The maximum atomic E-state index is 12.5. The highest BCUT2D eigenvalue weighted by atomic mass is 16.2. The van der Waals surface area contributed by atoms with E-state index in [4.69, 9.17) is 0 Å². The Hall–Kier alpha value is -3.08. The molecule has 2 aromatic rings. The van der Waals surface area contributed by atoms with Crippen LogP contribution in [0.1, 0.15) is 15.9 Å². The molecule has 2 aliphatic rings. The van der Waals surface area contributed by atoms with E-state index in [9.17, 15) is 9.59 Å². The molecule has 2 aromatic carbocycles. The van der Waals surface area contributed by atoms with E-state index in [1.54, 1.807) is 17.0 Å². The van der Waals surface area contributed by atoms with Crippen molar-refractivity contribution in [1.29, 1.82) is 0 Å². The third kappa shape index (κ3) is 3.20. The fraction of sp³-hybridized carbons (Fsp3) is 0.238. The molecule has 0 spiro atoms. The Morgan fingerprint density at radius 1 is 0.962 bits per heavy atom. The second kappa shape index (κ2) is 7.04. The van der Waals surface area contributed by atoms with Crippen LogP contribution in [0.25, 0.3) is 0 Å². The van der Waals surface area contributed by atoms with E-state index in [0.717, 1.165) is 30.9 Å². The molecule has 0 unspecified atom stereocenters. The maximum Gasteiger partial charge on any atom is 0.251 e. The lowest BCUT2D eigenvalue weighted by Gasteiger charge is -2.18. The average molecular weight is 347 g/mol. The van der Waals surface area contributed by atoms with Crippen LogP contribution in [0.15, 0.2) is 60.7 Å². The van der Waals surface area contributed by atoms with Crippen molar-refractivity contribution in [3.8, 4) is 0 Å². The molecule has 5 nitrogen and oxygen atoms in total. The monoisotopic (exact) mass is 347 g/mol. The summed E-state index contributed by atoms with van der Waals surface area (Å²) in [6.07, 6.45) is 5.12. The number of nitrogens with one attached hydrogen (secondary N) is 1. The summed E-state index contributed by atoms with van der Waals surface area (Å²) in [6, 6.07) is 15.4. The molecule has 2 amide bonds. The Kier molecular flexibility index (Phi) is 4.44. The second-order valence-corrected chi connectivity index (χ2v) is 6.53. The van der Waals surface area contributed by atoms with Gasteiger partial charge < -0.3 is 15.1 Å². The highest BCUT2D eigenvalue weighted by Gasteiger charge is 2.24. The molecule has 2 aliphatic heterocycles. The first-order valence-electron chi connectivity index (χ1n) is 8.89. The first kappa shape index (κ1) is 16.4. The van der Waals surface area contributed by atoms with Gasteiger partial charge in [0.2, 0.25) is 5.91 Å². The third-order valence-electron chi connectivity index (χ3n) is 4.90. The number of rotatable bonds is 4. The van der Waals surface area contributed by atoms with E-state index in [1.807, 2.05) is 36.4 Å². The van der Waals surface area contributed by atoms with Gasteiger partial charge in [-0.3, -0.25) is 9.59 Å². The number of carbonyl (C=O) groups excluding carboxylic acids is 2. The molecule has 0 aliphatic carbocycles. The molecule has 0 aromatic heterocycles. The summed E-state index contributed by atoms with van der Waals surface area (Å²) in [5.74, 6) is -0.306. The predicted octanol–water partition coefficient (Wildman–Crippen LogP) is 2.38. The van der Waals surface area contributed by atoms with E-state index in [2.05, 4.69) is 22.4 Å². The minimum atomic E-state index is -0.225. The molecule has 26 heavy (non-hydrogen) atoms. The fourth-order valence-electron chi connectivity index (χ4n) is 3.46. The van der Waals surface area contributed by atoms with Crippen LogP contribution in [-0.2, 0) is 11.2 Å². The summed E-state index contributed by atoms with van der Waals surface area (Å²) in [5.41, 5.74) is 3.79. The largest absolute Gasteiger partial charge is 0.364 e. The van der Waals surface area contributed by atoms with Gasteiger partial charge >= 0.3 is 0 Å². The molecular formula is C21H21N3O2. The summed E-state index contributed by atoms with van der Waals surface area (Å²) in [6.45, 7) is 2.48. The van der Waals surface area contributed by atoms with Crippen molar-refractivity contribution >= 4 is 23.2 Å². The van der Waals surface area contributed by atoms with Gasteiger partial charge in [-0.05, 0) is 42.3 Å². The van der Waals surface area contributed by atoms with Gasteiger partial charge in [-0.15, -0.1) is 0 Å². The van der Waals surface area contributed by atoms with Crippen LogP contribution in [0.3, 0.4) is 0 Å². The third-order valence-corrected chi connectivity index (χ3v) is 4.90. The molecule has 2 heterocycles. The predicted molar refractivity (Wildman–Crippen MR) is 103 cm³/mol. The van der Waals surface area contributed by atoms with Crippen molar-refractivity contribution in [2.75, 3.05) is 36.0 Å². The number of hydrogen-bond acceptors (Lipinski definition) is 3.